The largest absolute Gasteiger partial charge is 0.354 e. The van der Waals surface area contributed by atoms with Crippen molar-refractivity contribution < 1.29 is 0 Å². The van der Waals surface area contributed by atoms with E-state index in [0.29, 0.717) is 5.92 Å². The van der Waals surface area contributed by atoms with Gasteiger partial charge in [-0.3, -0.25) is 0 Å². The van der Waals surface area contributed by atoms with Crippen molar-refractivity contribution in [2.45, 2.75) is 26.3 Å². The predicted octanol–water partition coefficient (Wildman–Crippen LogP) is 2.45. The molecular weight excluding hydrogens is 288 g/mol. The molecule has 1 saturated heterocycles. The lowest BCUT2D eigenvalue weighted by atomic mass is 9.98. The summed E-state index contributed by atoms with van der Waals surface area (Å²) in [6.07, 6.45) is 9.83. The number of aromatic nitrogens is 5. The zero-order valence-corrected chi connectivity index (χ0v) is 13.3. The molecule has 0 amide bonds. The summed E-state index contributed by atoms with van der Waals surface area (Å²) < 4.78 is 2.16. The first-order chi connectivity index (χ1) is 11.3. The van der Waals surface area contributed by atoms with Crippen molar-refractivity contribution in [2.75, 3.05) is 18.0 Å². The van der Waals surface area contributed by atoms with Gasteiger partial charge in [0.05, 0.1) is 11.8 Å². The number of nitrogens with zero attached hydrogens (tertiary/aromatic N) is 6. The standard InChI is InChI=1S/C17H20N6/c1-13-4-5-15-16(21-13)17(20-11-19-15)23-7-2-3-14(10-23)9-22-8-6-18-12-22/h4-6,8,11-12,14H,2-3,7,9-10H2,1H3. The van der Waals surface area contributed by atoms with E-state index >= 15 is 0 Å². The maximum absolute atomic E-state index is 4.67. The molecule has 1 fully saturated rings. The molecular formula is C17H20N6. The summed E-state index contributed by atoms with van der Waals surface area (Å²) in [5.41, 5.74) is 2.83. The number of pyridine rings is 1. The Labute approximate surface area is 135 Å². The third-order valence-corrected chi connectivity index (χ3v) is 4.45. The van der Waals surface area contributed by atoms with E-state index in [1.165, 1.54) is 12.8 Å². The number of hydrogen-bond donors (Lipinski definition) is 0. The van der Waals surface area contributed by atoms with Gasteiger partial charge in [0, 0.05) is 37.7 Å². The smallest absolute Gasteiger partial charge is 0.158 e. The Balaban J connectivity index is 1.61. The quantitative estimate of drug-likeness (QED) is 0.744. The average molecular weight is 308 g/mol. The molecule has 3 aromatic rings. The third kappa shape index (κ3) is 2.88. The lowest BCUT2D eigenvalue weighted by Gasteiger charge is -2.34. The van der Waals surface area contributed by atoms with Gasteiger partial charge >= 0.3 is 0 Å². The van der Waals surface area contributed by atoms with Crippen LogP contribution in [0.2, 0.25) is 0 Å². The molecule has 6 heteroatoms. The normalized spacial score (nSPS) is 18.5. The molecule has 4 rings (SSSR count). The van der Waals surface area contributed by atoms with Crippen LogP contribution in [0.5, 0.6) is 0 Å². The van der Waals surface area contributed by atoms with Crippen molar-refractivity contribution >= 4 is 16.9 Å². The predicted molar refractivity (Wildman–Crippen MR) is 89.2 cm³/mol. The highest BCUT2D eigenvalue weighted by Gasteiger charge is 2.23. The minimum Gasteiger partial charge on any atom is -0.354 e. The van der Waals surface area contributed by atoms with Gasteiger partial charge in [-0.1, -0.05) is 0 Å². The molecule has 1 atom stereocenters. The number of aryl methyl sites for hydroxylation is 1. The number of piperidine rings is 1. The van der Waals surface area contributed by atoms with Gasteiger partial charge in [0.2, 0.25) is 0 Å². The van der Waals surface area contributed by atoms with Gasteiger partial charge in [0.15, 0.2) is 5.82 Å². The Morgan fingerprint density at radius 3 is 3.09 bits per heavy atom. The molecule has 0 aliphatic carbocycles. The van der Waals surface area contributed by atoms with Crippen molar-refractivity contribution in [3.05, 3.63) is 42.9 Å². The first kappa shape index (κ1) is 14.1. The second-order valence-corrected chi connectivity index (χ2v) is 6.23. The summed E-state index contributed by atoms with van der Waals surface area (Å²) >= 11 is 0. The van der Waals surface area contributed by atoms with Crippen molar-refractivity contribution in [3.8, 4) is 0 Å². The molecule has 0 spiro atoms. The second kappa shape index (κ2) is 5.95. The number of imidazole rings is 1. The van der Waals surface area contributed by atoms with Gasteiger partial charge in [-0.25, -0.2) is 19.9 Å². The van der Waals surface area contributed by atoms with Gasteiger partial charge in [-0.2, -0.15) is 0 Å². The van der Waals surface area contributed by atoms with Gasteiger partial charge in [0.25, 0.3) is 0 Å². The van der Waals surface area contributed by atoms with E-state index in [1.54, 1.807) is 6.33 Å². The van der Waals surface area contributed by atoms with Crippen LogP contribution in [0.1, 0.15) is 18.5 Å². The van der Waals surface area contributed by atoms with Crippen LogP contribution in [0.3, 0.4) is 0 Å². The van der Waals surface area contributed by atoms with Crippen LogP contribution in [0.25, 0.3) is 11.0 Å². The van der Waals surface area contributed by atoms with Crippen LogP contribution < -0.4 is 4.90 Å². The summed E-state index contributed by atoms with van der Waals surface area (Å²) in [5.74, 6) is 1.57. The van der Waals surface area contributed by atoms with Crippen LogP contribution in [0.4, 0.5) is 5.82 Å². The van der Waals surface area contributed by atoms with Crippen molar-refractivity contribution in [1.82, 2.24) is 24.5 Å². The summed E-state index contributed by atoms with van der Waals surface area (Å²) in [6.45, 7) is 5.04. The van der Waals surface area contributed by atoms with Gasteiger partial charge in [0.1, 0.15) is 11.8 Å². The summed E-state index contributed by atoms with van der Waals surface area (Å²) in [4.78, 5) is 20.0. The van der Waals surface area contributed by atoms with Gasteiger partial charge in [-0.15, -0.1) is 0 Å². The molecule has 1 unspecified atom stereocenters. The molecule has 1 aliphatic heterocycles. The molecule has 4 heterocycles. The molecule has 0 aromatic carbocycles. The zero-order chi connectivity index (χ0) is 15.6. The topological polar surface area (TPSA) is 59.7 Å². The van der Waals surface area contributed by atoms with Crippen LogP contribution in [0, 0.1) is 12.8 Å². The molecule has 0 N–H and O–H groups in total. The first-order valence-electron chi connectivity index (χ1n) is 8.08. The highest BCUT2D eigenvalue weighted by atomic mass is 15.2. The maximum atomic E-state index is 4.67. The second-order valence-electron chi connectivity index (χ2n) is 6.23. The van der Waals surface area contributed by atoms with E-state index in [2.05, 4.69) is 29.4 Å². The molecule has 0 bridgehead atoms. The first-order valence-corrected chi connectivity index (χ1v) is 8.08. The number of rotatable bonds is 3. The van der Waals surface area contributed by atoms with Crippen molar-refractivity contribution in [2.24, 2.45) is 5.92 Å². The van der Waals surface area contributed by atoms with Gasteiger partial charge < -0.3 is 9.47 Å². The Morgan fingerprint density at radius 1 is 1.26 bits per heavy atom. The number of anilines is 1. The molecule has 6 nitrogen and oxygen atoms in total. The monoisotopic (exact) mass is 308 g/mol. The summed E-state index contributed by atoms with van der Waals surface area (Å²) in [6, 6.07) is 4.02. The molecule has 118 valence electrons. The minimum atomic E-state index is 0.604. The number of fused-ring (bicyclic) bond motifs is 1. The van der Waals surface area contributed by atoms with Crippen LogP contribution in [0.15, 0.2) is 37.2 Å². The fraction of sp³-hybridized carbons (Fsp3) is 0.412. The lowest BCUT2D eigenvalue weighted by molar-refractivity contribution is 0.365. The molecule has 0 radical (unpaired) electrons. The van der Waals surface area contributed by atoms with E-state index in [-0.39, 0.29) is 0 Å². The van der Waals surface area contributed by atoms with Crippen molar-refractivity contribution in [3.63, 3.8) is 0 Å². The fourth-order valence-corrected chi connectivity index (χ4v) is 3.36. The van der Waals surface area contributed by atoms with Crippen LogP contribution in [-0.4, -0.2) is 37.6 Å². The van der Waals surface area contributed by atoms with E-state index in [4.69, 9.17) is 0 Å². The Hall–Kier alpha value is -2.50. The van der Waals surface area contributed by atoms with E-state index in [0.717, 1.165) is 42.2 Å². The highest BCUT2D eigenvalue weighted by molar-refractivity contribution is 5.85. The minimum absolute atomic E-state index is 0.604. The lowest BCUT2D eigenvalue weighted by Crippen LogP contribution is -2.37. The molecule has 23 heavy (non-hydrogen) atoms. The Bertz CT molecular complexity index is 798. The molecule has 1 aliphatic rings. The summed E-state index contributed by atoms with van der Waals surface area (Å²) in [5, 5.41) is 0. The zero-order valence-electron chi connectivity index (χ0n) is 13.3. The Morgan fingerprint density at radius 2 is 2.22 bits per heavy atom. The average Bonchev–Trinajstić information content (AvgIpc) is 3.07. The number of hydrogen-bond acceptors (Lipinski definition) is 5. The Kier molecular flexibility index (Phi) is 3.65. The van der Waals surface area contributed by atoms with Crippen LogP contribution >= 0.6 is 0 Å². The van der Waals surface area contributed by atoms with E-state index in [9.17, 15) is 0 Å². The molecule has 0 saturated carbocycles. The molecule has 3 aromatic heterocycles. The highest BCUT2D eigenvalue weighted by Crippen LogP contribution is 2.27. The van der Waals surface area contributed by atoms with E-state index in [1.807, 2.05) is 37.8 Å². The van der Waals surface area contributed by atoms with Crippen molar-refractivity contribution in [1.29, 1.82) is 0 Å². The third-order valence-electron chi connectivity index (χ3n) is 4.45. The summed E-state index contributed by atoms with van der Waals surface area (Å²) in [7, 11) is 0. The SMILES string of the molecule is Cc1ccc2ncnc(N3CCCC(Cn4ccnc4)C3)c2n1. The maximum Gasteiger partial charge on any atom is 0.158 e. The van der Waals surface area contributed by atoms with E-state index < -0.39 is 0 Å². The fourth-order valence-electron chi connectivity index (χ4n) is 3.36. The van der Waals surface area contributed by atoms with Gasteiger partial charge in [-0.05, 0) is 37.8 Å². The van der Waals surface area contributed by atoms with Crippen LogP contribution in [-0.2, 0) is 6.54 Å².